The van der Waals surface area contributed by atoms with E-state index in [1.807, 2.05) is 15.9 Å². The van der Waals surface area contributed by atoms with Gasteiger partial charge in [0.05, 0.1) is 18.7 Å². The number of ether oxygens (including phenoxy) is 1. The van der Waals surface area contributed by atoms with E-state index in [2.05, 4.69) is 4.98 Å². The molecule has 6 heteroatoms. The Bertz CT molecular complexity index is 500. The number of aromatic amines is 1. The van der Waals surface area contributed by atoms with Crippen molar-refractivity contribution < 1.29 is 14.3 Å². The number of aromatic nitrogens is 1. The summed E-state index contributed by atoms with van der Waals surface area (Å²) in [6.45, 7) is 1.87. The summed E-state index contributed by atoms with van der Waals surface area (Å²) in [6, 6.07) is 3.74. The highest BCUT2D eigenvalue weighted by Gasteiger charge is 2.48. The van der Waals surface area contributed by atoms with Crippen LogP contribution in [0.4, 0.5) is 0 Å². The van der Waals surface area contributed by atoms with Crippen LogP contribution in [-0.2, 0) is 9.53 Å². The molecule has 1 aromatic heterocycles. The van der Waals surface area contributed by atoms with Crippen molar-refractivity contribution in [1.82, 2.24) is 14.8 Å². The Morgan fingerprint density at radius 3 is 3.05 bits per heavy atom. The summed E-state index contributed by atoms with van der Waals surface area (Å²) in [5.74, 6) is 0.116. The van der Waals surface area contributed by atoms with Crippen molar-refractivity contribution in [3.63, 3.8) is 0 Å². The average molecular weight is 277 g/mol. The number of nitrogens with zero attached hydrogens (tertiary/aromatic N) is 2. The lowest BCUT2D eigenvalue weighted by atomic mass is 10.1. The van der Waals surface area contributed by atoms with Crippen molar-refractivity contribution >= 4 is 11.8 Å². The fourth-order valence-corrected chi connectivity index (χ4v) is 3.28. The average Bonchev–Trinajstić information content (AvgIpc) is 3.12. The topological polar surface area (TPSA) is 65.6 Å². The number of nitrogens with one attached hydrogen (secondary N) is 1. The van der Waals surface area contributed by atoms with Crippen molar-refractivity contribution in [3.8, 4) is 0 Å². The summed E-state index contributed by atoms with van der Waals surface area (Å²) in [7, 11) is 1.63. The second-order valence-corrected chi connectivity index (χ2v) is 5.29. The fourth-order valence-electron chi connectivity index (χ4n) is 3.28. The van der Waals surface area contributed by atoms with Gasteiger partial charge in [0.25, 0.3) is 5.91 Å². The molecule has 1 aromatic rings. The van der Waals surface area contributed by atoms with Gasteiger partial charge in [-0.1, -0.05) is 0 Å². The van der Waals surface area contributed by atoms with Crippen LogP contribution in [0.25, 0.3) is 0 Å². The molecule has 1 N–H and O–H groups in total. The zero-order chi connectivity index (χ0) is 14.1. The lowest BCUT2D eigenvalue weighted by molar-refractivity contribution is -0.129. The minimum atomic E-state index is -0.0103. The third-order valence-electron chi connectivity index (χ3n) is 4.24. The molecule has 20 heavy (non-hydrogen) atoms. The molecule has 0 saturated carbocycles. The van der Waals surface area contributed by atoms with Gasteiger partial charge in [-0.25, -0.2) is 0 Å². The van der Waals surface area contributed by atoms with Crippen molar-refractivity contribution in [2.75, 3.05) is 26.8 Å². The van der Waals surface area contributed by atoms with Crippen LogP contribution in [0.3, 0.4) is 0 Å². The number of hydrogen-bond donors (Lipinski definition) is 1. The number of fused-ring (bicyclic) bond motifs is 1. The number of methoxy groups -OCH3 is 1. The summed E-state index contributed by atoms with van der Waals surface area (Å²) in [5, 5.41) is 0. The predicted molar refractivity (Wildman–Crippen MR) is 72.2 cm³/mol. The quantitative estimate of drug-likeness (QED) is 0.870. The lowest BCUT2D eigenvalue weighted by Crippen LogP contribution is -2.40. The largest absolute Gasteiger partial charge is 0.383 e. The molecule has 0 aliphatic carbocycles. The number of hydrogen-bond acceptors (Lipinski definition) is 3. The molecule has 0 radical (unpaired) electrons. The van der Waals surface area contributed by atoms with Gasteiger partial charge >= 0.3 is 0 Å². The van der Waals surface area contributed by atoms with Crippen molar-refractivity contribution in [2.45, 2.75) is 24.9 Å². The van der Waals surface area contributed by atoms with Gasteiger partial charge in [-0.2, -0.15) is 0 Å². The van der Waals surface area contributed by atoms with Crippen LogP contribution in [0.15, 0.2) is 18.3 Å². The van der Waals surface area contributed by atoms with E-state index in [1.165, 1.54) is 0 Å². The van der Waals surface area contributed by atoms with Crippen LogP contribution in [0.5, 0.6) is 0 Å². The monoisotopic (exact) mass is 277 g/mol. The zero-order valence-corrected chi connectivity index (χ0v) is 11.5. The zero-order valence-electron chi connectivity index (χ0n) is 11.5. The number of H-pyrrole nitrogens is 1. The molecule has 2 amide bonds. The van der Waals surface area contributed by atoms with Gasteiger partial charge in [-0.3, -0.25) is 9.59 Å². The molecule has 0 spiro atoms. The van der Waals surface area contributed by atoms with Gasteiger partial charge in [0.2, 0.25) is 5.91 Å². The number of likely N-dealkylation sites (tertiary alicyclic amines) is 2. The van der Waals surface area contributed by atoms with E-state index in [0.29, 0.717) is 31.8 Å². The van der Waals surface area contributed by atoms with Crippen LogP contribution >= 0.6 is 0 Å². The van der Waals surface area contributed by atoms with Gasteiger partial charge in [0, 0.05) is 32.8 Å². The van der Waals surface area contributed by atoms with E-state index < -0.39 is 0 Å². The van der Waals surface area contributed by atoms with Gasteiger partial charge in [-0.05, 0) is 18.6 Å². The first-order valence-corrected chi connectivity index (χ1v) is 6.95. The van der Waals surface area contributed by atoms with E-state index in [0.717, 1.165) is 6.42 Å². The second-order valence-electron chi connectivity index (χ2n) is 5.29. The molecule has 3 heterocycles. The first-order chi connectivity index (χ1) is 9.72. The molecule has 3 rings (SSSR count). The van der Waals surface area contributed by atoms with E-state index in [1.54, 1.807) is 19.4 Å². The van der Waals surface area contributed by atoms with Crippen molar-refractivity contribution in [2.24, 2.45) is 0 Å². The summed E-state index contributed by atoms with van der Waals surface area (Å²) in [6.07, 6.45) is 3.03. The molecule has 0 bridgehead atoms. The van der Waals surface area contributed by atoms with Gasteiger partial charge in [-0.15, -0.1) is 0 Å². The van der Waals surface area contributed by atoms with Crippen molar-refractivity contribution in [1.29, 1.82) is 0 Å². The third kappa shape index (κ3) is 2.10. The van der Waals surface area contributed by atoms with E-state index in [9.17, 15) is 9.59 Å². The molecule has 2 atom stereocenters. The van der Waals surface area contributed by atoms with Crippen LogP contribution in [0, 0.1) is 0 Å². The smallest absolute Gasteiger partial charge is 0.270 e. The van der Waals surface area contributed by atoms with Crippen LogP contribution in [-0.4, -0.2) is 65.5 Å². The molecule has 0 unspecified atom stereocenters. The molecule has 2 aliphatic heterocycles. The highest BCUT2D eigenvalue weighted by Crippen LogP contribution is 2.33. The number of amides is 2. The Kier molecular flexibility index (Phi) is 3.48. The fraction of sp³-hybridized carbons (Fsp3) is 0.571. The normalized spacial score (nSPS) is 25.4. The second kappa shape index (κ2) is 5.28. The van der Waals surface area contributed by atoms with Crippen LogP contribution in [0.2, 0.25) is 0 Å². The maximum Gasteiger partial charge on any atom is 0.270 e. The Balaban J connectivity index is 1.73. The molecular formula is C14H19N3O3. The standard InChI is InChI=1S/C14H19N3O3/c1-20-8-7-16-11-4-6-17(12(11)9-13(16)18)14(19)10-3-2-5-15-10/h2-3,5,11-12,15H,4,6-9H2,1H3/t11-,12+/m1/s1. The lowest BCUT2D eigenvalue weighted by Gasteiger charge is -2.25. The summed E-state index contributed by atoms with van der Waals surface area (Å²) >= 11 is 0. The van der Waals surface area contributed by atoms with Gasteiger partial charge < -0.3 is 19.5 Å². The first kappa shape index (κ1) is 13.2. The minimum absolute atomic E-state index is 0.00940. The summed E-state index contributed by atoms with van der Waals surface area (Å²) in [5.41, 5.74) is 0.591. The first-order valence-electron chi connectivity index (χ1n) is 6.95. The van der Waals surface area contributed by atoms with Crippen molar-refractivity contribution in [3.05, 3.63) is 24.0 Å². The maximum atomic E-state index is 12.4. The molecule has 6 nitrogen and oxygen atoms in total. The highest BCUT2D eigenvalue weighted by molar-refractivity contribution is 5.94. The Morgan fingerprint density at radius 2 is 2.35 bits per heavy atom. The number of rotatable bonds is 4. The van der Waals surface area contributed by atoms with Gasteiger partial charge in [0.15, 0.2) is 0 Å². The molecule has 108 valence electrons. The third-order valence-corrected chi connectivity index (χ3v) is 4.24. The molecular weight excluding hydrogens is 258 g/mol. The van der Waals surface area contributed by atoms with E-state index >= 15 is 0 Å². The minimum Gasteiger partial charge on any atom is -0.383 e. The highest BCUT2D eigenvalue weighted by atomic mass is 16.5. The maximum absolute atomic E-state index is 12.4. The van der Waals surface area contributed by atoms with Crippen LogP contribution in [0.1, 0.15) is 23.3 Å². The molecule has 2 aliphatic rings. The number of carbonyl (C=O) groups excluding carboxylic acids is 2. The Labute approximate surface area is 117 Å². The number of carbonyl (C=O) groups is 2. The summed E-state index contributed by atoms with van der Waals surface area (Å²) in [4.78, 5) is 31.1. The molecule has 2 saturated heterocycles. The van der Waals surface area contributed by atoms with E-state index in [-0.39, 0.29) is 23.9 Å². The Morgan fingerprint density at radius 1 is 1.50 bits per heavy atom. The Hall–Kier alpha value is -1.82. The molecule has 0 aromatic carbocycles. The predicted octanol–water partition coefficient (Wildman–Crippen LogP) is 0.476. The van der Waals surface area contributed by atoms with Crippen LogP contribution < -0.4 is 0 Å². The van der Waals surface area contributed by atoms with E-state index in [4.69, 9.17) is 4.74 Å². The summed E-state index contributed by atoms with van der Waals surface area (Å²) < 4.78 is 5.05. The van der Waals surface area contributed by atoms with Gasteiger partial charge in [0.1, 0.15) is 5.69 Å². The SMILES string of the molecule is COCCN1C(=O)C[C@H]2[C@H]1CCN2C(=O)c1ccc[nH]1. The molecule has 2 fully saturated rings.